The largest absolute Gasteiger partial charge is 0.489 e. The van der Waals surface area contributed by atoms with Crippen LogP contribution in [0, 0.1) is 5.82 Å². The van der Waals surface area contributed by atoms with Gasteiger partial charge in [0, 0.05) is 33.8 Å². The minimum absolute atomic E-state index is 0.306. The van der Waals surface area contributed by atoms with Gasteiger partial charge in [-0.25, -0.2) is 4.39 Å². The highest BCUT2D eigenvalue weighted by atomic mass is 35.5. The van der Waals surface area contributed by atoms with E-state index in [2.05, 4.69) is 4.98 Å². The number of aromatic amines is 1. The van der Waals surface area contributed by atoms with Crippen molar-refractivity contribution >= 4 is 22.5 Å². The molecule has 96 valence electrons. The predicted octanol–water partition coefficient (Wildman–Crippen LogP) is 4.54. The molecule has 1 heterocycles. The van der Waals surface area contributed by atoms with Gasteiger partial charge in [0.2, 0.25) is 0 Å². The second-order valence-corrected chi connectivity index (χ2v) is 4.69. The van der Waals surface area contributed by atoms with Crippen LogP contribution in [0.1, 0.15) is 5.56 Å². The van der Waals surface area contributed by atoms with Crippen LogP contribution in [0.2, 0.25) is 5.02 Å². The fourth-order valence-electron chi connectivity index (χ4n) is 1.99. The van der Waals surface area contributed by atoms with E-state index in [1.807, 2.05) is 24.4 Å². The summed E-state index contributed by atoms with van der Waals surface area (Å²) in [6, 6.07) is 11.7. The van der Waals surface area contributed by atoms with Crippen LogP contribution < -0.4 is 4.74 Å². The molecule has 3 rings (SSSR count). The van der Waals surface area contributed by atoms with Gasteiger partial charge < -0.3 is 9.72 Å². The van der Waals surface area contributed by atoms with Crippen molar-refractivity contribution in [2.45, 2.75) is 6.61 Å². The fraction of sp³-hybridized carbons (Fsp3) is 0.0667. The maximum Gasteiger partial charge on any atom is 0.126 e. The van der Waals surface area contributed by atoms with E-state index in [9.17, 15) is 4.39 Å². The van der Waals surface area contributed by atoms with Crippen LogP contribution in [0.25, 0.3) is 10.9 Å². The monoisotopic (exact) mass is 275 g/mol. The van der Waals surface area contributed by atoms with Crippen molar-refractivity contribution in [2.24, 2.45) is 0 Å². The lowest BCUT2D eigenvalue weighted by Gasteiger charge is -2.05. The molecule has 1 aromatic heterocycles. The zero-order chi connectivity index (χ0) is 13.2. The van der Waals surface area contributed by atoms with Gasteiger partial charge in [0.05, 0.1) is 0 Å². The molecule has 0 bridgehead atoms. The first kappa shape index (κ1) is 12.1. The summed E-state index contributed by atoms with van der Waals surface area (Å²) in [5.41, 5.74) is 1.99. The topological polar surface area (TPSA) is 25.0 Å². The second kappa shape index (κ2) is 4.94. The lowest BCUT2D eigenvalue weighted by atomic mass is 10.2. The summed E-state index contributed by atoms with van der Waals surface area (Å²) in [5.74, 6) is 0.204. The van der Waals surface area contributed by atoms with Gasteiger partial charge in [0.15, 0.2) is 0 Å². The molecular weight excluding hydrogens is 265 g/mol. The van der Waals surface area contributed by atoms with Gasteiger partial charge in [-0.2, -0.15) is 0 Å². The Labute approximate surface area is 114 Å². The van der Waals surface area contributed by atoms with E-state index in [0.717, 1.165) is 16.5 Å². The van der Waals surface area contributed by atoms with E-state index in [4.69, 9.17) is 16.3 Å². The van der Waals surface area contributed by atoms with Crippen LogP contribution in [0.5, 0.6) is 5.75 Å². The van der Waals surface area contributed by atoms with Gasteiger partial charge in [0.25, 0.3) is 0 Å². The predicted molar refractivity (Wildman–Crippen MR) is 74.0 cm³/mol. The molecule has 3 aromatic rings. The van der Waals surface area contributed by atoms with Crippen LogP contribution in [0.15, 0.2) is 48.7 Å². The van der Waals surface area contributed by atoms with Crippen molar-refractivity contribution < 1.29 is 9.13 Å². The lowest BCUT2D eigenvalue weighted by Crippen LogP contribution is -1.94. The molecule has 0 saturated carbocycles. The average molecular weight is 276 g/mol. The van der Waals surface area contributed by atoms with Crippen LogP contribution in [0.3, 0.4) is 0 Å². The standard InChI is InChI=1S/C15H11ClFNO/c16-11-4-5-15-14(6-11)10(8-18-15)9-19-13-3-1-2-12(17)7-13/h1-8,18H,9H2. The van der Waals surface area contributed by atoms with Crippen LogP contribution in [-0.2, 0) is 6.61 Å². The molecule has 0 aliphatic heterocycles. The molecule has 0 aliphatic rings. The Balaban J connectivity index is 1.84. The van der Waals surface area contributed by atoms with E-state index in [1.54, 1.807) is 12.1 Å². The molecule has 0 amide bonds. The Morgan fingerprint density at radius 1 is 1.16 bits per heavy atom. The average Bonchev–Trinajstić information content (AvgIpc) is 2.79. The number of hydrogen-bond acceptors (Lipinski definition) is 1. The number of H-pyrrole nitrogens is 1. The Kier molecular flexibility index (Phi) is 3.13. The summed E-state index contributed by atoms with van der Waals surface area (Å²) in [5, 5.41) is 1.70. The van der Waals surface area contributed by atoms with Crippen molar-refractivity contribution in [1.29, 1.82) is 0 Å². The van der Waals surface area contributed by atoms with Crippen LogP contribution >= 0.6 is 11.6 Å². The highest BCUT2D eigenvalue weighted by molar-refractivity contribution is 6.31. The first-order valence-corrected chi connectivity index (χ1v) is 6.24. The molecule has 0 fully saturated rings. The van der Waals surface area contributed by atoms with Crippen molar-refractivity contribution in [1.82, 2.24) is 4.98 Å². The summed E-state index contributed by atoms with van der Waals surface area (Å²) in [6.45, 7) is 0.365. The molecule has 0 atom stereocenters. The number of ether oxygens (including phenoxy) is 1. The highest BCUT2D eigenvalue weighted by Gasteiger charge is 2.05. The number of nitrogens with one attached hydrogen (secondary N) is 1. The Bertz CT molecular complexity index is 723. The van der Waals surface area contributed by atoms with Crippen molar-refractivity contribution in [3.63, 3.8) is 0 Å². The van der Waals surface area contributed by atoms with Crippen molar-refractivity contribution in [2.75, 3.05) is 0 Å². The molecule has 4 heteroatoms. The number of halogens is 2. The van der Waals surface area contributed by atoms with Gasteiger partial charge >= 0.3 is 0 Å². The van der Waals surface area contributed by atoms with E-state index in [1.165, 1.54) is 12.1 Å². The molecule has 2 aromatic carbocycles. The van der Waals surface area contributed by atoms with Crippen LogP contribution in [0.4, 0.5) is 4.39 Å². The van der Waals surface area contributed by atoms with E-state index >= 15 is 0 Å². The zero-order valence-corrected chi connectivity index (χ0v) is 10.7. The summed E-state index contributed by atoms with van der Waals surface area (Å²) in [6.07, 6.45) is 1.88. The van der Waals surface area contributed by atoms with Gasteiger partial charge in [-0.15, -0.1) is 0 Å². The number of benzene rings is 2. The van der Waals surface area contributed by atoms with E-state index < -0.39 is 0 Å². The summed E-state index contributed by atoms with van der Waals surface area (Å²) >= 11 is 5.98. The molecule has 1 N–H and O–H groups in total. The molecule has 0 aliphatic carbocycles. The molecule has 0 unspecified atom stereocenters. The second-order valence-electron chi connectivity index (χ2n) is 4.25. The fourth-order valence-corrected chi connectivity index (χ4v) is 2.16. The maximum absolute atomic E-state index is 13.0. The number of fused-ring (bicyclic) bond motifs is 1. The van der Waals surface area contributed by atoms with E-state index in [-0.39, 0.29) is 5.82 Å². The van der Waals surface area contributed by atoms with Crippen LogP contribution in [-0.4, -0.2) is 4.98 Å². The smallest absolute Gasteiger partial charge is 0.126 e. The third-order valence-electron chi connectivity index (χ3n) is 2.92. The molecule has 0 radical (unpaired) electrons. The lowest BCUT2D eigenvalue weighted by molar-refractivity contribution is 0.306. The maximum atomic E-state index is 13.0. The minimum atomic E-state index is -0.306. The summed E-state index contributed by atoms with van der Waals surface area (Å²) in [7, 11) is 0. The zero-order valence-electron chi connectivity index (χ0n) is 9.99. The molecular formula is C15H11ClFNO. The minimum Gasteiger partial charge on any atom is -0.489 e. The van der Waals surface area contributed by atoms with Crippen molar-refractivity contribution in [3.8, 4) is 5.75 Å². The third-order valence-corrected chi connectivity index (χ3v) is 3.15. The number of rotatable bonds is 3. The van der Waals surface area contributed by atoms with Crippen molar-refractivity contribution in [3.05, 3.63) is 65.1 Å². The van der Waals surface area contributed by atoms with Gasteiger partial charge in [-0.3, -0.25) is 0 Å². The highest BCUT2D eigenvalue weighted by Crippen LogP contribution is 2.23. The molecule has 2 nitrogen and oxygen atoms in total. The Morgan fingerprint density at radius 2 is 2.05 bits per heavy atom. The van der Waals surface area contributed by atoms with Gasteiger partial charge in [0.1, 0.15) is 18.2 Å². The van der Waals surface area contributed by atoms with Gasteiger partial charge in [-0.1, -0.05) is 17.7 Å². The quantitative estimate of drug-likeness (QED) is 0.746. The summed E-state index contributed by atoms with van der Waals surface area (Å²) < 4.78 is 18.6. The number of hydrogen-bond donors (Lipinski definition) is 1. The first-order valence-electron chi connectivity index (χ1n) is 5.86. The Hall–Kier alpha value is -2.00. The third kappa shape index (κ3) is 2.56. The van der Waals surface area contributed by atoms with Gasteiger partial charge in [-0.05, 0) is 30.3 Å². The molecule has 0 spiro atoms. The number of aromatic nitrogens is 1. The molecule has 19 heavy (non-hydrogen) atoms. The Morgan fingerprint density at radius 3 is 2.89 bits per heavy atom. The SMILES string of the molecule is Fc1cccc(OCc2c[nH]c3ccc(Cl)cc23)c1. The first-order chi connectivity index (χ1) is 9.22. The normalized spacial score (nSPS) is 10.8. The van der Waals surface area contributed by atoms with E-state index in [0.29, 0.717) is 17.4 Å². The summed E-state index contributed by atoms with van der Waals surface area (Å²) in [4.78, 5) is 3.15. The molecule has 0 saturated heterocycles.